The van der Waals surface area contributed by atoms with Crippen LogP contribution >= 0.6 is 0 Å². The number of phenolic OH excluding ortho intramolecular Hbond substituents is 1. The van der Waals surface area contributed by atoms with E-state index in [1.54, 1.807) is 0 Å². The van der Waals surface area contributed by atoms with Crippen molar-refractivity contribution in [3.05, 3.63) is 18.2 Å². The molecule has 2 rings (SSSR count). The summed E-state index contributed by atoms with van der Waals surface area (Å²) in [6, 6.07) is 3.06. The van der Waals surface area contributed by atoms with E-state index in [2.05, 4.69) is 0 Å². The van der Waals surface area contributed by atoms with Gasteiger partial charge in [-0.3, -0.25) is 4.79 Å². The summed E-state index contributed by atoms with van der Waals surface area (Å²) in [5.74, 6) is -1.77. The molecular weight excluding hydrogens is 393 g/mol. The lowest BCUT2D eigenvalue weighted by Crippen LogP contribution is -2.44. The number of benzene rings is 1. The van der Waals surface area contributed by atoms with Crippen molar-refractivity contribution in [2.24, 2.45) is 0 Å². The van der Waals surface area contributed by atoms with Crippen molar-refractivity contribution in [3.63, 3.8) is 0 Å². The van der Waals surface area contributed by atoms with Crippen LogP contribution in [-0.4, -0.2) is 66.9 Å². The molecule has 3 N–H and O–H groups in total. The van der Waals surface area contributed by atoms with Crippen molar-refractivity contribution < 1.29 is 41.3 Å². The lowest BCUT2D eigenvalue weighted by atomic mass is 10.0. The summed E-state index contributed by atoms with van der Waals surface area (Å²) in [7, 11) is -3.93. The van der Waals surface area contributed by atoms with E-state index in [1.165, 1.54) is 0 Å². The number of aliphatic hydroxyl groups is 1. The summed E-state index contributed by atoms with van der Waals surface area (Å²) >= 11 is 0. The summed E-state index contributed by atoms with van der Waals surface area (Å²) in [5, 5.41) is 21.1. The fraction of sp³-hybridized carbons (Fsp3) is 0.533. The van der Waals surface area contributed by atoms with Gasteiger partial charge in [0.1, 0.15) is 5.75 Å². The Kier molecular flexibility index (Phi) is 6.04. The van der Waals surface area contributed by atoms with Crippen LogP contribution in [0.1, 0.15) is 13.3 Å². The van der Waals surface area contributed by atoms with Crippen LogP contribution in [0.5, 0.6) is 5.75 Å². The van der Waals surface area contributed by atoms with Gasteiger partial charge in [0, 0.05) is 13.1 Å². The number of aromatic hydroxyl groups is 1. The maximum atomic E-state index is 12.7. The number of halogens is 3. The van der Waals surface area contributed by atoms with Gasteiger partial charge < -0.3 is 20.3 Å². The average Bonchev–Trinajstić information content (AvgIpc) is 2.56. The van der Waals surface area contributed by atoms with Gasteiger partial charge in [-0.25, -0.2) is 8.42 Å². The molecule has 0 aromatic heterocycles. The number of phenols is 1. The zero-order chi connectivity index (χ0) is 20.5. The van der Waals surface area contributed by atoms with Gasteiger partial charge in [0.2, 0.25) is 15.9 Å². The van der Waals surface area contributed by atoms with E-state index in [0.717, 1.165) is 22.5 Å². The maximum absolute atomic E-state index is 12.7. The number of hydrogen-bond donors (Lipinski definition) is 3. The van der Waals surface area contributed by atoms with Crippen LogP contribution < -0.4 is 5.32 Å². The van der Waals surface area contributed by atoms with Crippen molar-refractivity contribution in [2.75, 3.05) is 31.6 Å². The molecule has 0 saturated carbocycles. The zero-order valence-electron chi connectivity index (χ0n) is 14.3. The van der Waals surface area contributed by atoms with Gasteiger partial charge in [-0.2, -0.15) is 17.5 Å². The molecule has 0 aliphatic carbocycles. The number of carbonyl (C=O) groups is 1. The molecule has 0 radical (unpaired) electrons. The van der Waals surface area contributed by atoms with E-state index < -0.39 is 39.9 Å². The number of carbonyl (C=O) groups excluding carboxylic acids is 1. The van der Waals surface area contributed by atoms with Crippen LogP contribution in [-0.2, 0) is 19.6 Å². The zero-order valence-corrected chi connectivity index (χ0v) is 15.1. The second-order valence-electron chi connectivity index (χ2n) is 6.19. The third-order valence-electron chi connectivity index (χ3n) is 3.97. The normalized spacial score (nSPS) is 18.7. The molecule has 1 heterocycles. The first-order valence-corrected chi connectivity index (χ1v) is 9.28. The van der Waals surface area contributed by atoms with Crippen molar-refractivity contribution in [1.29, 1.82) is 0 Å². The highest BCUT2D eigenvalue weighted by atomic mass is 32.2. The second kappa shape index (κ2) is 7.62. The van der Waals surface area contributed by atoms with Crippen molar-refractivity contribution in [2.45, 2.75) is 30.0 Å². The van der Waals surface area contributed by atoms with Gasteiger partial charge >= 0.3 is 6.18 Å². The van der Waals surface area contributed by atoms with Gasteiger partial charge in [0.15, 0.2) is 5.60 Å². The van der Waals surface area contributed by atoms with Crippen molar-refractivity contribution >= 4 is 21.6 Å². The molecule has 0 spiro atoms. The third kappa shape index (κ3) is 4.89. The van der Waals surface area contributed by atoms with Gasteiger partial charge in [0.05, 0.1) is 30.2 Å². The van der Waals surface area contributed by atoms with Crippen LogP contribution in [0.25, 0.3) is 0 Å². The largest absolute Gasteiger partial charge is 0.506 e. The molecule has 8 nitrogen and oxygen atoms in total. The molecule has 1 amide bonds. The minimum absolute atomic E-state index is 0.124. The summed E-state index contributed by atoms with van der Waals surface area (Å²) in [6.45, 7) is 1.12. The predicted molar refractivity (Wildman–Crippen MR) is 87.6 cm³/mol. The Morgan fingerprint density at radius 2 is 1.89 bits per heavy atom. The number of hydrogen-bond acceptors (Lipinski definition) is 6. The number of ether oxygens (including phenoxy) is 1. The van der Waals surface area contributed by atoms with Crippen LogP contribution in [0, 0.1) is 0 Å². The lowest BCUT2D eigenvalue weighted by molar-refractivity contribution is -0.252. The molecule has 1 atom stereocenters. The fourth-order valence-electron chi connectivity index (χ4n) is 2.32. The van der Waals surface area contributed by atoms with E-state index >= 15 is 0 Å². The molecule has 1 aliphatic heterocycles. The molecule has 1 fully saturated rings. The van der Waals surface area contributed by atoms with Gasteiger partial charge in [-0.1, -0.05) is 0 Å². The van der Waals surface area contributed by atoms with Crippen LogP contribution in [0.4, 0.5) is 18.9 Å². The number of amides is 1. The highest BCUT2D eigenvalue weighted by molar-refractivity contribution is 7.89. The maximum Gasteiger partial charge on any atom is 0.417 e. The molecule has 27 heavy (non-hydrogen) atoms. The monoisotopic (exact) mass is 412 g/mol. The first-order valence-electron chi connectivity index (χ1n) is 7.84. The summed E-state index contributed by atoms with van der Waals surface area (Å²) in [6.07, 6.45) is -6.36. The van der Waals surface area contributed by atoms with E-state index in [4.69, 9.17) is 4.74 Å². The van der Waals surface area contributed by atoms with E-state index in [1.807, 2.05) is 5.32 Å². The highest BCUT2D eigenvalue weighted by Crippen LogP contribution is 2.34. The van der Waals surface area contributed by atoms with Crippen molar-refractivity contribution in [3.8, 4) is 5.75 Å². The molecule has 1 saturated heterocycles. The van der Waals surface area contributed by atoms with E-state index in [-0.39, 0.29) is 36.9 Å². The molecule has 1 aliphatic rings. The summed E-state index contributed by atoms with van der Waals surface area (Å²) in [5.41, 5.74) is -3.66. The Morgan fingerprint density at radius 3 is 2.44 bits per heavy atom. The SMILES string of the molecule is C[C@@](O)(CC(=O)Nc1cc(S(=O)(=O)N2CCOCC2)ccc1O)C(F)(F)F. The molecule has 1 aromatic rings. The number of morpholine rings is 1. The number of nitrogens with one attached hydrogen (secondary N) is 1. The molecule has 152 valence electrons. The van der Waals surface area contributed by atoms with Gasteiger partial charge in [0.25, 0.3) is 0 Å². The number of alkyl halides is 3. The Bertz CT molecular complexity index is 804. The van der Waals surface area contributed by atoms with Crippen LogP contribution in [0.2, 0.25) is 0 Å². The van der Waals surface area contributed by atoms with Crippen molar-refractivity contribution in [1.82, 2.24) is 4.31 Å². The summed E-state index contributed by atoms with van der Waals surface area (Å²) in [4.78, 5) is 11.6. The van der Waals surface area contributed by atoms with Crippen LogP contribution in [0.3, 0.4) is 0 Å². The number of anilines is 1. The molecule has 0 bridgehead atoms. The van der Waals surface area contributed by atoms with Gasteiger partial charge in [-0.05, 0) is 25.1 Å². The number of sulfonamides is 1. The fourth-order valence-corrected chi connectivity index (χ4v) is 3.75. The summed E-state index contributed by atoms with van der Waals surface area (Å²) < 4.78 is 69.4. The standard InChI is InChI=1S/C15H19F3N2O6S/c1-14(23,15(16,17)18)9-13(22)19-11-8-10(2-3-12(11)21)27(24,25)20-4-6-26-7-5-20/h2-3,8,21,23H,4-7,9H2,1H3,(H,19,22)/t14-/m1/s1. The molecule has 1 aromatic carbocycles. The Labute approximate surface area is 153 Å². The minimum atomic E-state index is -5.03. The topological polar surface area (TPSA) is 116 Å². The third-order valence-corrected chi connectivity index (χ3v) is 5.86. The number of rotatable bonds is 5. The Hall–Kier alpha value is -1.89. The van der Waals surface area contributed by atoms with E-state index in [0.29, 0.717) is 6.92 Å². The first kappa shape index (κ1) is 21.4. The number of nitrogens with zero attached hydrogens (tertiary/aromatic N) is 1. The Balaban J connectivity index is 2.21. The minimum Gasteiger partial charge on any atom is -0.506 e. The first-order chi connectivity index (χ1) is 12.3. The average molecular weight is 412 g/mol. The molecule has 0 unspecified atom stereocenters. The van der Waals surface area contributed by atoms with Gasteiger partial charge in [-0.15, -0.1) is 0 Å². The predicted octanol–water partition coefficient (Wildman–Crippen LogP) is 1.06. The van der Waals surface area contributed by atoms with Crippen LogP contribution in [0.15, 0.2) is 23.1 Å². The molecule has 12 heteroatoms. The lowest BCUT2D eigenvalue weighted by Gasteiger charge is -2.26. The smallest absolute Gasteiger partial charge is 0.417 e. The second-order valence-corrected chi connectivity index (χ2v) is 8.13. The molecular formula is C15H19F3N2O6S. The Morgan fingerprint density at radius 1 is 1.30 bits per heavy atom. The van der Waals surface area contributed by atoms with E-state index in [9.17, 15) is 36.6 Å². The quantitative estimate of drug-likeness (QED) is 0.623. The highest BCUT2D eigenvalue weighted by Gasteiger charge is 2.51.